The lowest BCUT2D eigenvalue weighted by Crippen LogP contribution is -2.21. The van der Waals surface area contributed by atoms with E-state index in [-0.39, 0.29) is 32.7 Å². The Morgan fingerprint density at radius 3 is 1.23 bits per heavy atom. The number of anilines is 6. The Bertz CT molecular complexity index is 4680. The van der Waals surface area contributed by atoms with Gasteiger partial charge in [0.25, 0.3) is 0 Å². The number of hydrogen-bond donors (Lipinski definition) is 0. The first-order chi connectivity index (χ1) is 39.7. The fourth-order valence-corrected chi connectivity index (χ4v) is 15.0. The molecule has 0 bridgehead atoms. The maximum Gasteiger partial charge on any atom is 0.0562 e. The van der Waals surface area contributed by atoms with Gasteiger partial charge in [-0.1, -0.05) is 172 Å². The molecule has 84 heavy (non-hydrogen) atoms. The minimum absolute atomic E-state index is 0.0151. The fraction of sp³-hybridized carbons (Fsp3) is 0.275. The molecule has 4 nitrogen and oxygen atoms in total. The van der Waals surface area contributed by atoms with Gasteiger partial charge in [0.2, 0.25) is 0 Å². The maximum absolute atomic E-state index is 2.60. The second-order valence-electron chi connectivity index (χ2n) is 29.4. The fourth-order valence-electron chi connectivity index (χ4n) is 15.0. The lowest BCUT2D eigenvalue weighted by Gasteiger charge is -2.31. The highest BCUT2D eigenvalue weighted by atomic mass is 15.2. The molecule has 0 spiro atoms. The van der Waals surface area contributed by atoms with Crippen molar-refractivity contribution in [3.8, 4) is 22.3 Å². The predicted molar refractivity (Wildman–Crippen MR) is 362 cm³/mol. The van der Waals surface area contributed by atoms with E-state index in [2.05, 4.69) is 324 Å². The summed E-state index contributed by atoms with van der Waals surface area (Å²) in [4.78, 5) is 5.11. The molecule has 12 aromatic rings. The van der Waals surface area contributed by atoms with Crippen molar-refractivity contribution in [3.63, 3.8) is 0 Å². The topological polar surface area (TPSA) is 16.3 Å². The summed E-state index contributed by atoms with van der Waals surface area (Å²) in [7, 11) is 0. The molecule has 0 saturated carbocycles. The first-order valence-corrected chi connectivity index (χ1v) is 30.5. The average molecular weight is 1100 g/mol. The minimum Gasteiger partial charge on any atom is -0.335 e. The summed E-state index contributed by atoms with van der Waals surface area (Å²) in [6, 6.07) is 74.9. The minimum atomic E-state index is -0.317. The van der Waals surface area contributed by atoms with Gasteiger partial charge < -0.3 is 18.9 Å². The number of para-hydroxylation sites is 2. The van der Waals surface area contributed by atoms with Gasteiger partial charge in [0.1, 0.15) is 0 Å². The molecule has 10 aromatic carbocycles. The van der Waals surface area contributed by atoms with Gasteiger partial charge in [-0.15, -0.1) is 0 Å². The molecule has 2 aliphatic carbocycles. The van der Waals surface area contributed by atoms with Crippen LogP contribution in [0.1, 0.15) is 144 Å². The zero-order valence-electron chi connectivity index (χ0n) is 52.3. The van der Waals surface area contributed by atoms with Crippen LogP contribution in [0.4, 0.5) is 34.1 Å². The van der Waals surface area contributed by atoms with E-state index < -0.39 is 0 Å². The van der Waals surface area contributed by atoms with Crippen LogP contribution in [0.2, 0.25) is 0 Å². The monoisotopic (exact) mass is 1100 g/mol. The molecular formula is C80H80N4. The third-order valence-corrected chi connectivity index (χ3v) is 19.1. The Labute approximate surface area is 498 Å². The molecule has 0 radical (unpaired) electrons. The molecule has 2 heterocycles. The number of nitrogens with zero attached hydrogens (tertiary/aromatic N) is 4. The summed E-state index contributed by atoms with van der Waals surface area (Å²) >= 11 is 0. The molecular weight excluding hydrogens is 1020 g/mol. The van der Waals surface area contributed by atoms with Crippen molar-refractivity contribution in [2.24, 2.45) is 0 Å². The second-order valence-corrected chi connectivity index (χ2v) is 29.4. The molecule has 0 amide bonds. The lowest BCUT2D eigenvalue weighted by molar-refractivity contribution is 0.423. The molecule has 4 heteroatoms. The van der Waals surface area contributed by atoms with Crippen molar-refractivity contribution < 1.29 is 0 Å². The van der Waals surface area contributed by atoms with Crippen molar-refractivity contribution in [2.45, 2.75) is 144 Å². The largest absolute Gasteiger partial charge is 0.335 e. The van der Waals surface area contributed by atoms with Gasteiger partial charge in [-0.2, -0.15) is 0 Å². The van der Waals surface area contributed by atoms with Crippen LogP contribution in [-0.2, 0) is 32.7 Å². The quantitative estimate of drug-likeness (QED) is 0.165. The van der Waals surface area contributed by atoms with E-state index in [0.29, 0.717) is 0 Å². The van der Waals surface area contributed by atoms with Crippen molar-refractivity contribution >= 4 is 88.5 Å². The predicted octanol–water partition coefficient (Wildman–Crippen LogP) is 22.7. The molecule has 2 aliphatic rings. The Morgan fingerprint density at radius 1 is 0.310 bits per heavy atom. The Morgan fingerprint density at radius 2 is 0.714 bits per heavy atom. The van der Waals surface area contributed by atoms with E-state index in [9.17, 15) is 0 Å². The van der Waals surface area contributed by atoms with Crippen LogP contribution in [0.15, 0.2) is 194 Å². The van der Waals surface area contributed by atoms with Crippen LogP contribution in [0.25, 0.3) is 76.6 Å². The van der Waals surface area contributed by atoms with Gasteiger partial charge in [-0.05, 0) is 204 Å². The number of aromatic nitrogens is 2. The molecule has 2 aromatic heterocycles. The van der Waals surface area contributed by atoms with E-state index in [0.717, 1.165) is 17.1 Å². The van der Waals surface area contributed by atoms with E-state index in [4.69, 9.17) is 0 Å². The van der Waals surface area contributed by atoms with Gasteiger partial charge in [0.15, 0.2) is 0 Å². The van der Waals surface area contributed by atoms with Gasteiger partial charge in [-0.25, -0.2) is 0 Å². The Balaban J connectivity index is 0.950. The zero-order chi connectivity index (χ0) is 58.9. The third-order valence-electron chi connectivity index (χ3n) is 19.1. The molecule has 0 aliphatic heterocycles. The van der Waals surface area contributed by atoms with Crippen molar-refractivity contribution in [1.29, 1.82) is 0 Å². The molecule has 0 N–H and O–H groups in total. The number of benzene rings is 10. The summed E-state index contributed by atoms with van der Waals surface area (Å²) in [6.07, 6.45) is 0. The molecule has 0 fully saturated rings. The van der Waals surface area contributed by atoms with Gasteiger partial charge in [-0.3, -0.25) is 0 Å². The lowest BCUT2D eigenvalue weighted by atomic mass is 9.79. The van der Waals surface area contributed by atoms with Crippen LogP contribution in [0.3, 0.4) is 0 Å². The van der Waals surface area contributed by atoms with Gasteiger partial charge >= 0.3 is 0 Å². The highest BCUT2D eigenvalue weighted by Crippen LogP contribution is 2.60. The van der Waals surface area contributed by atoms with Gasteiger partial charge in [0.05, 0.1) is 28.1 Å². The third kappa shape index (κ3) is 7.91. The maximum atomic E-state index is 2.60. The first kappa shape index (κ1) is 53.7. The van der Waals surface area contributed by atoms with Crippen LogP contribution in [-0.4, -0.2) is 9.13 Å². The van der Waals surface area contributed by atoms with E-state index in [1.165, 1.54) is 127 Å². The van der Waals surface area contributed by atoms with E-state index in [1.807, 2.05) is 0 Å². The van der Waals surface area contributed by atoms with Crippen molar-refractivity contribution in [2.75, 3.05) is 9.80 Å². The first-order valence-electron chi connectivity index (χ1n) is 30.5. The Kier molecular flexibility index (Phi) is 11.6. The highest BCUT2D eigenvalue weighted by molar-refractivity contribution is 6.19. The SMILES string of the molecule is CC(C)(C)c1ccc(N(c2ccc3c(c2)C(C)(C)c2cc4c(cc2-3)C(C)(C)c2cc(N(c3ccc(C(C)(C)C)cc3)c3cccc5c3c3ccccc3n5C(C)(C)C)c3ccccc3c2-4)c2cccc3c2c2ccccc2n3C(C)(C)C)cc1. The summed E-state index contributed by atoms with van der Waals surface area (Å²) < 4.78 is 5.07. The van der Waals surface area contributed by atoms with Crippen LogP contribution in [0.5, 0.6) is 0 Å². The molecule has 0 unspecified atom stereocenters. The van der Waals surface area contributed by atoms with Crippen LogP contribution in [0, 0.1) is 0 Å². The molecule has 14 rings (SSSR count). The smallest absolute Gasteiger partial charge is 0.0562 e. The second kappa shape index (κ2) is 18.1. The normalized spacial score (nSPS) is 14.6. The number of rotatable bonds is 6. The Hall–Kier alpha value is -8.34. The summed E-state index contributed by atoms with van der Waals surface area (Å²) in [5, 5.41) is 7.59. The standard InChI is InChI=1S/C80H80N4/c1-75(2,3)49-35-39-51(40-36-49)81(67-31-23-33-69-73(67)57-27-19-21-29-65(57)83(69)77(7,8)9)53-43-44-54-59-46-63-60(47-62(59)79(13,14)61(54)45-53)72-56-26-18-17-25-55(56)71(48-64(72)80(63,15)16)82(52-41-37-50(38-42-52)76(4,5)6)68-32-24-34-70-74(68)58-28-20-22-30-66(58)84(70)78(10,11)12/h17-48H,1-16H3. The number of hydrogen-bond acceptors (Lipinski definition) is 2. The molecule has 420 valence electrons. The van der Waals surface area contributed by atoms with E-state index in [1.54, 1.807) is 0 Å². The molecule has 0 atom stereocenters. The van der Waals surface area contributed by atoms with Crippen LogP contribution < -0.4 is 9.80 Å². The van der Waals surface area contributed by atoms with Crippen molar-refractivity contribution in [1.82, 2.24) is 9.13 Å². The van der Waals surface area contributed by atoms with Gasteiger partial charge in [0, 0.05) is 76.9 Å². The average Bonchev–Trinajstić information content (AvgIpc) is 1.87. The van der Waals surface area contributed by atoms with E-state index >= 15 is 0 Å². The highest BCUT2D eigenvalue weighted by Gasteiger charge is 2.44. The van der Waals surface area contributed by atoms with Crippen LogP contribution >= 0.6 is 0 Å². The summed E-state index contributed by atoms with van der Waals surface area (Å²) in [6.45, 7) is 37.6. The number of fused-ring (bicyclic) bond motifs is 14. The molecule has 0 saturated heterocycles. The summed E-state index contributed by atoms with van der Waals surface area (Å²) in [5.41, 5.74) is 24.6. The van der Waals surface area contributed by atoms with Crippen molar-refractivity contribution in [3.05, 3.63) is 228 Å². The zero-order valence-corrected chi connectivity index (χ0v) is 52.3. The summed E-state index contributed by atoms with van der Waals surface area (Å²) in [5.74, 6) is 0.